The van der Waals surface area contributed by atoms with E-state index in [1.807, 2.05) is 11.4 Å². The average molecular weight is 386 g/mol. The molecule has 0 atom stereocenters. The number of hydrogen-bond donors (Lipinski definition) is 0. The first kappa shape index (κ1) is 17.4. The summed E-state index contributed by atoms with van der Waals surface area (Å²) in [7, 11) is 2.92. The predicted octanol–water partition coefficient (Wildman–Crippen LogP) is 1.60. The summed E-state index contributed by atoms with van der Waals surface area (Å²) in [6, 6.07) is 3.61. The Morgan fingerprint density at radius 1 is 1.07 bits per heavy atom. The SMILES string of the molecule is COC(=O)c1nc(N2CCN(c3nccc(OC)n3)CC2)c2sccc2n1. The molecule has 0 radical (unpaired) electrons. The van der Waals surface area contributed by atoms with Gasteiger partial charge in [0.2, 0.25) is 17.7 Å². The van der Waals surface area contributed by atoms with Crippen molar-refractivity contribution in [2.24, 2.45) is 0 Å². The molecule has 3 aromatic heterocycles. The normalized spacial score (nSPS) is 14.4. The monoisotopic (exact) mass is 386 g/mol. The van der Waals surface area contributed by atoms with E-state index in [0.717, 1.165) is 42.2 Å². The number of carbonyl (C=O) groups excluding carboxylic acids is 1. The molecule has 0 unspecified atom stereocenters. The maximum Gasteiger partial charge on any atom is 0.376 e. The molecule has 0 aromatic carbocycles. The van der Waals surface area contributed by atoms with Crippen LogP contribution >= 0.6 is 11.3 Å². The minimum Gasteiger partial charge on any atom is -0.481 e. The van der Waals surface area contributed by atoms with Gasteiger partial charge in [0.15, 0.2) is 5.82 Å². The number of aromatic nitrogens is 4. The van der Waals surface area contributed by atoms with Crippen LogP contribution in [0.2, 0.25) is 0 Å². The lowest BCUT2D eigenvalue weighted by Crippen LogP contribution is -2.47. The topological polar surface area (TPSA) is 93.6 Å². The maximum absolute atomic E-state index is 11.9. The van der Waals surface area contributed by atoms with Crippen LogP contribution < -0.4 is 14.5 Å². The Bertz CT molecular complexity index is 970. The third-order valence-corrected chi connectivity index (χ3v) is 5.24. The minimum atomic E-state index is -0.534. The summed E-state index contributed by atoms with van der Waals surface area (Å²) < 4.78 is 10.9. The molecule has 1 aliphatic rings. The van der Waals surface area contributed by atoms with Crippen LogP contribution in [0.5, 0.6) is 5.88 Å². The van der Waals surface area contributed by atoms with Crippen molar-refractivity contribution in [3.05, 3.63) is 29.5 Å². The van der Waals surface area contributed by atoms with Gasteiger partial charge in [0.1, 0.15) is 0 Å². The highest BCUT2D eigenvalue weighted by atomic mass is 32.1. The zero-order valence-corrected chi connectivity index (χ0v) is 15.8. The van der Waals surface area contributed by atoms with Crippen molar-refractivity contribution in [2.75, 3.05) is 50.2 Å². The number of fused-ring (bicyclic) bond motifs is 1. The summed E-state index contributed by atoms with van der Waals surface area (Å²) in [6.07, 6.45) is 1.69. The molecule has 27 heavy (non-hydrogen) atoms. The highest BCUT2D eigenvalue weighted by molar-refractivity contribution is 7.17. The summed E-state index contributed by atoms with van der Waals surface area (Å²) in [6.45, 7) is 2.92. The van der Waals surface area contributed by atoms with E-state index in [4.69, 9.17) is 9.47 Å². The van der Waals surface area contributed by atoms with Crippen molar-refractivity contribution >= 4 is 39.3 Å². The molecular weight excluding hydrogens is 368 g/mol. The predicted molar refractivity (Wildman–Crippen MR) is 102 cm³/mol. The van der Waals surface area contributed by atoms with Gasteiger partial charge in [-0.2, -0.15) is 4.98 Å². The van der Waals surface area contributed by atoms with Crippen molar-refractivity contribution < 1.29 is 14.3 Å². The molecule has 10 heteroatoms. The van der Waals surface area contributed by atoms with Crippen LogP contribution in [0.25, 0.3) is 10.2 Å². The van der Waals surface area contributed by atoms with E-state index in [1.165, 1.54) is 7.11 Å². The molecule has 1 fully saturated rings. The van der Waals surface area contributed by atoms with E-state index in [1.54, 1.807) is 30.7 Å². The number of thiophene rings is 1. The molecule has 0 spiro atoms. The van der Waals surface area contributed by atoms with Gasteiger partial charge in [-0.15, -0.1) is 11.3 Å². The molecule has 0 N–H and O–H groups in total. The van der Waals surface area contributed by atoms with E-state index < -0.39 is 5.97 Å². The third kappa shape index (κ3) is 3.35. The highest BCUT2D eigenvalue weighted by Gasteiger charge is 2.24. The molecular formula is C17H18N6O3S. The van der Waals surface area contributed by atoms with Crippen molar-refractivity contribution in [2.45, 2.75) is 0 Å². The van der Waals surface area contributed by atoms with Crippen molar-refractivity contribution in [1.29, 1.82) is 0 Å². The van der Waals surface area contributed by atoms with Crippen molar-refractivity contribution in [3.8, 4) is 5.88 Å². The third-order valence-electron chi connectivity index (χ3n) is 4.34. The molecule has 4 heterocycles. The summed E-state index contributed by atoms with van der Waals surface area (Å²) in [5.74, 6) is 1.50. The van der Waals surface area contributed by atoms with Crippen LogP contribution in [0.15, 0.2) is 23.7 Å². The molecule has 4 rings (SSSR count). The summed E-state index contributed by atoms with van der Waals surface area (Å²) in [5, 5.41) is 1.95. The van der Waals surface area contributed by atoms with Crippen molar-refractivity contribution in [3.63, 3.8) is 0 Å². The van der Waals surface area contributed by atoms with E-state index >= 15 is 0 Å². The molecule has 1 aliphatic heterocycles. The molecule has 0 saturated carbocycles. The van der Waals surface area contributed by atoms with Gasteiger partial charge in [0.25, 0.3) is 0 Å². The van der Waals surface area contributed by atoms with Gasteiger partial charge >= 0.3 is 5.97 Å². The Hall–Kier alpha value is -3.01. The number of piperazine rings is 1. The second-order valence-corrected chi connectivity index (χ2v) is 6.79. The van der Waals surface area contributed by atoms with Crippen LogP contribution in [0.1, 0.15) is 10.6 Å². The first-order valence-electron chi connectivity index (χ1n) is 8.40. The Kier molecular flexibility index (Phi) is 4.71. The summed E-state index contributed by atoms with van der Waals surface area (Å²) >= 11 is 1.56. The first-order valence-corrected chi connectivity index (χ1v) is 9.28. The summed E-state index contributed by atoms with van der Waals surface area (Å²) in [4.78, 5) is 33.7. The fourth-order valence-corrected chi connectivity index (χ4v) is 3.81. The van der Waals surface area contributed by atoms with Gasteiger partial charge in [0.05, 0.1) is 24.4 Å². The number of hydrogen-bond acceptors (Lipinski definition) is 10. The molecule has 140 valence electrons. The molecule has 9 nitrogen and oxygen atoms in total. The molecule has 1 saturated heterocycles. The van der Waals surface area contributed by atoms with Gasteiger partial charge in [0, 0.05) is 38.4 Å². The number of esters is 1. The fraction of sp³-hybridized carbons (Fsp3) is 0.353. The van der Waals surface area contributed by atoms with Crippen LogP contribution in [-0.2, 0) is 4.74 Å². The standard InChI is InChI=1S/C17H18N6O3S/c1-25-12-3-5-18-17(20-12)23-8-6-22(7-9-23)15-13-11(4-10-27-13)19-14(21-15)16(24)26-2/h3-5,10H,6-9H2,1-2H3. The lowest BCUT2D eigenvalue weighted by molar-refractivity contribution is 0.0587. The zero-order valence-electron chi connectivity index (χ0n) is 15.0. The van der Waals surface area contributed by atoms with Crippen LogP contribution in [-0.4, -0.2) is 66.3 Å². The molecule has 0 bridgehead atoms. The Morgan fingerprint density at radius 2 is 1.85 bits per heavy atom. The van der Waals surface area contributed by atoms with Crippen LogP contribution in [0, 0.1) is 0 Å². The average Bonchev–Trinajstić information content (AvgIpc) is 3.21. The maximum atomic E-state index is 11.9. The van der Waals surface area contributed by atoms with Gasteiger partial charge in [-0.1, -0.05) is 0 Å². The first-order chi connectivity index (χ1) is 13.2. The zero-order chi connectivity index (χ0) is 18.8. The largest absolute Gasteiger partial charge is 0.481 e. The number of nitrogens with zero attached hydrogens (tertiary/aromatic N) is 6. The van der Waals surface area contributed by atoms with Gasteiger partial charge in [-0.3, -0.25) is 0 Å². The van der Waals surface area contributed by atoms with E-state index in [2.05, 4.69) is 29.7 Å². The molecule has 0 amide bonds. The lowest BCUT2D eigenvalue weighted by Gasteiger charge is -2.35. The smallest absolute Gasteiger partial charge is 0.376 e. The Balaban J connectivity index is 1.57. The number of methoxy groups -OCH3 is 2. The highest BCUT2D eigenvalue weighted by Crippen LogP contribution is 2.30. The number of anilines is 2. The number of carbonyl (C=O) groups is 1. The summed E-state index contributed by atoms with van der Waals surface area (Å²) in [5.41, 5.74) is 0.754. The second-order valence-electron chi connectivity index (χ2n) is 5.87. The number of ether oxygens (including phenoxy) is 2. The van der Waals surface area contributed by atoms with Gasteiger partial charge in [-0.05, 0) is 11.4 Å². The van der Waals surface area contributed by atoms with Crippen molar-refractivity contribution in [1.82, 2.24) is 19.9 Å². The minimum absolute atomic E-state index is 0.0805. The Morgan fingerprint density at radius 3 is 2.59 bits per heavy atom. The fourth-order valence-electron chi connectivity index (χ4n) is 2.96. The van der Waals surface area contributed by atoms with E-state index in [0.29, 0.717) is 11.8 Å². The second kappa shape index (κ2) is 7.31. The molecule has 0 aliphatic carbocycles. The van der Waals surface area contributed by atoms with Crippen LogP contribution in [0.3, 0.4) is 0 Å². The van der Waals surface area contributed by atoms with Crippen LogP contribution in [0.4, 0.5) is 11.8 Å². The van der Waals surface area contributed by atoms with E-state index in [9.17, 15) is 4.79 Å². The van der Waals surface area contributed by atoms with E-state index in [-0.39, 0.29) is 5.82 Å². The van der Waals surface area contributed by atoms with Gasteiger partial charge < -0.3 is 19.3 Å². The molecule has 3 aromatic rings. The Labute approximate surface area is 159 Å². The van der Waals surface area contributed by atoms with Gasteiger partial charge in [-0.25, -0.2) is 19.7 Å². The lowest BCUT2D eigenvalue weighted by atomic mass is 10.3. The quantitative estimate of drug-likeness (QED) is 0.620. The number of rotatable bonds is 4.